The maximum absolute atomic E-state index is 13.0. The second kappa shape index (κ2) is 12.5. The lowest BCUT2D eigenvalue weighted by Crippen LogP contribution is -2.49. The molecule has 0 radical (unpaired) electrons. The first-order valence-corrected chi connectivity index (χ1v) is 18.1. The highest BCUT2D eigenvalue weighted by atomic mass is 28.3. The zero-order chi connectivity index (χ0) is 29.1. The van der Waals surface area contributed by atoms with E-state index in [0.717, 1.165) is 38.1 Å². The minimum absolute atomic E-state index is 0.0339. The number of carbonyl (C=O) groups excluding carboxylic acids is 1. The highest BCUT2D eigenvalue weighted by Crippen LogP contribution is 2.39. The average molecular weight is 560 g/mol. The number of methoxy groups -OCH3 is 1. The number of benzene rings is 1. The fourth-order valence-electron chi connectivity index (χ4n) is 5.47. The summed E-state index contributed by atoms with van der Waals surface area (Å²) in [4.78, 5) is 15.6. The van der Waals surface area contributed by atoms with Crippen LogP contribution in [-0.4, -0.2) is 63.2 Å². The molecule has 0 aromatic heterocycles. The maximum Gasteiger partial charge on any atom is 0.306 e. The molecule has 2 aliphatic heterocycles. The van der Waals surface area contributed by atoms with E-state index in [-0.39, 0.29) is 23.3 Å². The predicted octanol–water partition coefficient (Wildman–Crippen LogP) is 6.99. The second-order valence-corrected chi connectivity index (χ2v) is 19.6. The summed E-state index contributed by atoms with van der Waals surface area (Å²) in [5, 5.41) is 0. The molecule has 6 nitrogen and oxygen atoms in total. The van der Waals surface area contributed by atoms with E-state index in [4.69, 9.17) is 18.9 Å². The van der Waals surface area contributed by atoms with Crippen molar-refractivity contribution >= 4 is 14.0 Å². The molecule has 2 heterocycles. The van der Waals surface area contributed by atoms with Crippen molar-refractivity contribution in [3.8, 4) is 5.75 Å². The summed E-state index contributed by atoms with van der Waals surface area (Å²) in [5.74, 6) is 0.352. The van der Waals surface area contributed by atoms with E-state index < -0.39 is 19.5 Å². The minimum atomic E-state index is -1.59. The smallest absolute Gasteiger partial charge is 0.306 e. The van der Waals surface area contributed by atoms with E-state index in [1.807, 2.05) is 32.9 Å². The molecular weight excluding hydrogens is 506 g/mol. The molecule has 7 heteroatoms. The number of ether oxygens (including phenoxy) is 4. The predicted molar refractivity (Wildman–Crippen MR) is 161 cm³/mol. The lowest BCUT2D eigenvalue weighted by Gasteiger charge is -2.46. The third kappa shape index (κ3) is 10.0. The van der Waals surface area contributed by atoms with Crippen molar-refractivity contribution in [1.29, 1.82) is 0 Å². The molecule has 2 atom stereocenters. The Morgan fingerprint density at radius 3 is 2.26 bits per heavy atom. The SMILES string of the molecule is COc1ccc(CN2CC[C@@H](CC(=O)OC(C)(C)C)/C(=C\[Si](C)(C)C)[C@H]2CCC2(C)OCC(C)(C)CO2)cc1. The van der Waals surface area contributed by atoms with E-state index in [1.54, 1.807) is 7.11 Å². The van der Waals surface area contributed by atoms with Crippen LogP contribution in [0.25, 0.3) is 0 Å². The van der Waals surface area contributed by atoms with Crippen LogP contribution in [0.3, 0.4) is 0 Å². The van der Waals surface area contributed by atoms with Crippen molar-refractivity contribution in [3.63, 3.8) is 0 Å². The highest BCUT2D eigenvalue weighted by molar-refractivity contribution is 6.81. The number of likely N-dealkylation sites (tertiary alicyclic amines) is 1. The molecule has 2 fully saturated rings. The molecule has 2 saturated heterocycles. The largest absolute Gasteiger partial charge is 0.497 e. The van der Waals surface area contributed by atoms with Gasteiger partial charge in [0.25, 0.3) is 0 Å². The molecule has 0 amide bonds. The number of carbonyl (C=O) groups is 1. The molecule has 0 saturated carbocycles. The topological polar surface area (TPSA) is 57.2 Å². The maximum atomic E-state index is 13.0. The van der Waals surface area contributed by atoms with Gasteiger partial charge in [0.15, 0.2) is 5.79 Å². The Balaban J connectivity index is 1.89. The quantitative estimate of drug-likeness (QED) is 0.240. The van der Waals surface area contributed by atoms with Crippen molar-refractivity contribution in [2.24, 2.45) is 11.3 Å². The Morgan fingerprint density at radius 2 is 1.72 bits per heavy atom. The van der Waals surface area contributed by atoms with Crippen LogP contribution in [-0.2, 0) is 25.5 Å². The van der Waals surface area contributed by atoms with E-state index >= 15 is 0 Å². The van der Waals surface area contributed by atoms with Gasteiger partial charge in [-0.15, -0.1) is 0 Å². The molecule has 220 valence electrons. The van der Waals surface area contributed by atoms with Gasteiger partial charge in [-0.3, -0.25) is 9.69 Å². The number of nitrogens with zero attached hydrogens (tertiary/aromatic N) is 1. The average Bonchev–Trinajstić information content (AvgIpc) is 2.81. The van der Waals surface area contributed by atoms with Gasteiger partial charge >= 0.3 is 5.97 Å². The van der Waals surface area contributed by atoms with Crippen LogP contribution in [0.1, 0.15) is 72.8 Å². The molecule has 0 aliphatic carbocycles. The lowest BCUT2D eigenvalue weighted by atomic mass is 9.81. The van der Waals surface area contributed by atoms with Crippen LogP contribution < -0.4 is 4.74 Å². The Kier molecular flexibility index (Phi) is 10.2. The van der Waals surface area contributed by atoms with Crippen LogP contribution in [0.5, 0.6) is 5.75 Å². The van der Waals surface area contributed by atoms with Gasteiger partial charge in [-0.25, -0.2) is 0 Å². The number of esters is 1. The molecule has 2 aliphatic rings. The van der Waals surface area contributed by atoms with Crippen LogP contribution in [0.15, 0.2) is 35.5 Å². The number of piperidine rings is 1. The molecule has 0 bridgehead atoms. The fourth-order valence-corrected chi connectivity index (χ4v) is 6.90. The summed E-state index contributed by atoms with van der Waals surface area (Å²) in [6.07, 6.45) is 3.09. The van der Waals surface area contributed by atoms with Crippen LogP contribution >= 0.6 is 0 Å². The summed E-state index contributed by atoms with van der Waals surface area (Å²) in [6, 6.07) is 8.58. The summed E-state index contributed by atoms with van der Waals surface area (Å²) >= 11 is 0. The third-order valence-corrected chi connectivity index (χ3v) is 8.65. The van der Waals surface area contributed by atoms with Crippen LogP contribution in [0.2, 0.25) is 19.6 Å². The van der Waals surface area contributed by atoms with Crippen molar-refractivity contribution < 1.29 is 23.7 Å². The lowest BCUT2D eigenvalue weighted by molar-refractivity contribution is -0.292. The monoisotopic (exact) mass is 559 g/mol. The summed E-state index contributed by atoms with van der Waals surface area (Å²) in [7, 11) is 0.113. The Hall–Kier alpha value is -1.67. The molecule has 0 spiro atoms. The van der Waals surface area contributed by atoms with Gasteiger partial charge in [-0.05, 0) is 70.7 Å². The summed E-state index contributed by atoms with van der Waals surface area (Å²) in [5.41, 5.74) is 4.76. The van der Waals surface area contributed by atoms with Gasteiger partial charge in [0.05, 0.1) is 34.8 Å². The Bertz CT molecular complexity index is 979. The second-order valence-electron chi connectivity index (χ2n) is 14.5. The van der Waals surface area contributed by atoms with Gasteiger partial charge in [0.2, 0.25) is 0 Å². The fraction of sp³-hybridized carbons (Fsp3) is 0.719. The van der Waals surface area contributed by atoms with E-state index in [2.05, 4.69) is 63.1 Å². The van der Waals surface area contributed by atoms with Gasteiger partial charge in [-0.1, -0.05) is 56.9 Å². The van der Waals surface area contributed by atoms with E-state index in [0.29, 0.717) is 19.6 Å². The first kappa shape index (κ1) is 31.8. The summed E-state index contributed by atoms with van der Waals surface area (Å²) in [6.45, 7) is 22.6. The van der Waals surface area contributed by atoms with E-state index in [9.17, 15) is 4.79 Å². The number of hydrogen-bond donors (Lipinski definition) is 0. The summed E-state index contributed by atoms with van der Waals surface area (Å²) < 4.78 is 23.7. The first-order chi connectivity index (χ1) is 18.0. The molecule has 1 aromatic carbocycles. The molecule has 0 unspecified atom stereocenters. The Labute approximate surface area is 238 Å². The molecule has 1 aromatic rings. The van der Waals surface area contributed by atoms with Gasteiger partial charge in [-0.2, -0.15) is 0 Å². The van der Waals surface area contributed by atoms with Crippen molar-refractivity contribution in [2.75, 3.05) is 26.9 Å². The highest BCUT2D eigenvalue weighted by Gasteiger charge is 2.40. The van der Waals surface area contributed by atoms with Gasteiger partial charge in [0, 0.05) is 24.4 Å². The van der Waals surface area contributed by atoms with Crippen LogP contribution in [0, 0.1) is 11.3 Å². The first-order valence-electron chi connectivity index (χ1n) is 14.6. The normalized spacial score (nSPS) is 24.9. The van der Waals surface area contributed by atoms with Crippen molar-refractivity contribution in [1.82, 2.24) is 4.90 Å². The van der Waals surface area contributed by atoms with E-state index in [1.165, 1.54) is 11.1 Å². The zero-order valence-corrected chi connectivity index (χ0v) is 27.2. The third-order valence-electron chi connectivity index (χ3n) is 7.45. The van der Waals surface area contributed by atoms with Crippen LogP contribution in [0.4, 0.5) is 0 Å². The number of hydrogen-bond acceptors (Lipinski definition) is 6. The minimum Gasteiger partial charge on any atom is -0.497 e. The Morgan fingerprint density at radius 1 is 1.10 bits per heavy atom. The van der Waals surface area contributed by atoms with Crippen molar-refractivity contribution in [3.05, 3.63) is 41.1 Å². The van der Waals surface area contributed by atoms with Gasteiger partial charge in [0.1, 0.15) is 11.4 Å². The molecule has 39 heavy (non-hydrogen) atoms. The van der Waals surface area contributed by atoms with Gasteiger partial charge < -0.3 is 18.9 Å². The zero-order valence-electron chi connectivity index (χ0n) is 26.2. The standard InChI is InChI=1S/C32H53NO5Si/c1-30(2,3)38-29(34)19-25-16-18-33(20-24-11-13-26(35-7)14-12-24)28(27(25)21-39(8,9)10)15-17-32(6)36-22-31(4,5)23-37-32/h11-14,21,25,28H,15-20,22-23H2,1-10H3/b27-21+/t25-,28+/m0/s1. The van der Waals surface area contributed by atoms with Crippen molar-refractivity contribution in [2.45, 2.75) is 111 Å². The molecule has 0 N–H and O–H groups in total. The number of rotatable bonds is 9. The molecule has 3 rings (SSSR count). The molecular formula is C32H53NO5Si.